The summed E-state index contributed by atoms with van der Waals surface area (Å²) in [6.45, 7) is 4.40. The molecule has 1 unspecified atom stereocenters. The lowest BCUT2D eigenvalue weighted by molar-refractivity contribution is -0.137. The number of ether oxygens (including phenoxy) is 1. The Kier molecular flexibility index (Phi) is 8.07. The van der Waals surface area contributed by atoms with E-state index in [1.165, 1.54) is 0 Å². The molecule has 2 heterocycles. The zero-order valence-electron chi connectivity index (χ0n) is 17.3. The van der Waals surface area contributed by atoms with E-state index in [0.29, 0.717) is 57.4 Å². The number of benzene rings is 1. The lowest BCUT2D eigenvalue weighted by Gasteiger charge is -2.35. The van der Waals surface area contributed by atoms with Crippen LogP contribution in [0.3, 0.4) is 0 Å². The van der Waals surface area contributed by atoms with Crippen LogP contribution in [0.5, 0.6) is 0 Å². The van der Waals surface area contributed by atoms with E-state index in [1.54, 1.807) is 36.3 Å². The van der Waals surface area contributed by atoms with E-state index in [4.69, 9.17) is 16.3 Å². The van der Waals surface area contributed by atoms with E-state index in [1.807, 2.05) is 4.90 Å². The molecule has 3 rings (SSSR count). The molecule has 9 heteroatoms. The fourth-order valence-electron chi connectivity index (χ4n) is 3.83. The van der Waals surface area contributed by atoms with Crippen LogP contribution in [0.15, 0.2) is 24.3 Å². The van der Waals surface area contributed by atoms with Crippen LogP contribution >= 0.6 is 11.6 Å². The van der Waals surface area contributed by atoms with Crippen LogP contribution in [0, 0.1) is 5.92 Å². The predicted molar refractivity (Wildman–Crippen MR) is 114 cm³/mol. The predicted octanol–water partition coefficient (Wildman–Crippen LogP) is 0.990. The number of anilines is 1. The number of rotatable bonds is 8. The number of halogens is 1. The van der Waals surface area contributed by atoms with Crippen molar-refractivity contribution >= 4 is 35.0 Å². The molecule has 0 bridgehead atoms. The summed E-state index contributed by atoms with van der Waals surface area (Å²) in [5.74, 6) is -0.363. The number of methoxy groups -OCH3 is 1. The van der Waals surface area contributed by atoms with Crippen molar-refractivity contribution in [2.45, 2.75) is 12.8 Å². The van der Waals surface area contributed by atoms with Gasteiger partial charge in [-0.1, -0.05) is 11.6 Å². The monoisotopic (exact) mass is 436 g/mol. The molecule has 1 N–H and O–H groups in total. The first kappa shape index (κ1) is 22.5. The third kappa shape index (κ3) is 5.93. The van der Waals surface area contributed by atoms with Crippen LogP contribution in [0.1, 0.15) is 12.8 Å². The summed E-state index contributed by atoms with van der Waals surface area (Å²) in [6, 6.07) is 7.08. The van der Waals surface area contributed by atoms with Gasteiger partial charge in [0.2, 0.25) is 17.7 Å². The Labute approximate surface area is 182 Å². The normalized spacial score (nSPS) is 19.9. The largest absolute Gasteiger partial charge is 0.385 e. The van der Waals surface area contributed by atoms with Crippen LogP contribution in [-0.4, -0.2) is 87.1 Å². The van der Waals surface area contributed by atoms with Crippen molar-refractivity contribution < 1.29 is 19.1 Å². The van der Waals surface area contributed by atoms with Gasteiger partial charge in [-0.3, -0.25) is 19.3 Å². The van der Waals surface area contributed by atoms with Crippen LogP contribution in [0.4, 0.5) is 5.69 Å². The third-order valence-corrected chi connectivity index (χ3v) is 5.76. The van der Waals surface area contributed by atoms with Crippen molar-refractivity contribution in [1.29, 1.82) is 0 Å². The maximum Gasteiger partial charge on any atom is 0.234 e. The van der Waals surface area contributed by atoms with Crippen molar-refractivity contribution in [2.24, 2.45) is 5.92 Å². The van der Waals surface area contributed by atoms with Gasteiger partial charge in [-0.25, -0.2) is 0 Å². The first-order chi connectivity index (χ1) is 14.5. The molecule has 0 spiro atoms. The van der Waals surface area contributed by atoms with Crippen molar-refractivity contribution in [1.82, 2.24) is 15.1 Å². The second-order valence-corrected chi connectivity index (χ2v) is 8.12. The van der Waals surface area contributed by atoms with Crippen LogP contribution in [-0.2, 0) is 19.1 Å². The molecule has 1 atom stereocenters. The first-order valence-electron chi connectivity index (χ1n) is 10.3. The molecular weight excluding hydrogens is 408 g/mol. The molecule has 2 fully saturated rings. The van der Waals surface area contributed by atoms with Gasteiger partial charge in [0.25, 0.3) is 0 Å². The fourth-order valence-corrected chi connectivity index (χ4v) is 3.96. The zero-order chi connectivity index (χ0) is 21.5. The molecule has 0 saturated carbocycles. The SMILES string of the molecule is COCCCNC(=O)CN1CCN(C(=O)C2CC(=O)N(c3ccc(Cl)cc3)C2)CC1. The van der Waals surface area contributed by atoms with Crippen LogP contribution in [0.2, 0.25) is 5.02 Å². The standard InChI is InChI=1S/C21H29ClN4O4/c1-30-12-2-7-23-19(27)15-24-8-10-25(11-9-24)21(29)16-13-20(28)26(14-16)18-5-3-17(22)4-6-18/h3-6,16H,2,7-15H2,1H3,(H,23,27). The molecule has 0 aromatic heterocycles. The van der Waals surface area contributed by atoms with Gasteiger partial charge in [-0.2, -0.15) is 0 Å². The van der Waals surface area contributed by atoms with Crippen molar-refractivity contribution in [2.75, 3.05) is 64.4 Å². The lowest BCUT2D eigenvalue weighted by Crippen LogP contribution is -2.52. The highest BCUT2D eigenvalue weighted by molar-refractivity contribution is 6.30. The van der Waals surface area contributed by atoms with E-state index in [-0.39, 0.29) is 30.1 Å². The van der Waals surface area contributed by atoms with Gasteiger partial charge in [0.05, 0.1) is 12.5 Å². The second kappa shape index (κ2) is 10.7. The van der Waals surface area contributed by atoms with Crippen LogP contribution < -0.4 is 10.2 Å². The van der Waals surface area contributed by atoms with Crippen molar-refractivity contribution in [3.63, 3.8) is 0 Å². The Balaban J connectivity index is 1.43. The summed E-state index contributed by atoms with van der Waals surface area (Å²) in [5, 5.41) is 3.49. The van der Waals surface area contributed by atoms with Gasteiger partial charge in [-0.15, -0.1) is 0 Å². The highest BCUT2D eigenvalue weighted by atomic mass is 35.5. The Morgan fingerprint density at radius 3 is 2.53 bits per heavy atom. The minimum Gasteiger partial charge on any atom is -0.385 e. The number of hydrogen-bond acceptors (Lipinski definition) is 5. The molecule has 2 saturated heterocycles. The number of carbonyl (C=O) groups excluding carboxylic acids is 3. The van der Waals surface area contributed by atoms with Crippen molar-refractivity contribution in [3.8, 4) is 0 Å². The topological polar surface area (TPSA) is 82.2 Å². The highest BCUT2D eigenvalue weighted by Crippen LogP contribution is 2.27. The molecule has 0 radical (unpaired) electrons. The number of hydrogen-bond donors (Lipinski definition) is 1. The summed E-state index contributed by atoms with van der Waals surface area (Å²) in [4.78, 5) is 42.9. The van der Waals surface area contributed by atoms with Gasteiger partial charge in [0, 0.05) is 70.1 Å². The lowest BCUT2D eigenvalue weighted by atomic mass is 10.1. The Morgan fingerprint density at radius 1 is 1.17 bits per heavy atom. The van der Waals surface area contributed by atoms with Gasteiger partial charge >= 0.3 is 0 Å². The molecule has 2 aliphatic heterocycles. The fraction of sp³-hybridized carbons (Fsp3) is 0.571. The van der Waals surface area contributed by atoms with Gasteiger partial charge < -0.3 is 19.9 Å². The molecule has 2 aliphatic rings. The number of nitrogens with zero attached hydrogens (tertiary/aromatic N) is 3. The summed E-state index contributed by atoms with van der Waals surface area (Å²) in [5.41, 5.74) is 0.765. The minimum absolute atomic E-state index is 0.00845. The molecular formula is C21H29ClN4O4. The zero-order valence-corrected chi connectivity index (χ0v) is 18.1. The molecule has 8 nitrogen and oxygen atoms in total. The van der Waals surface area contributed by atoms with E-state index >= 15 is 0 Å². The molecule has 1 aromatic carbocycles. The van der Waals surface area contributed by atoms with E-state index in [0.717, 1.165) is 12.1 Å². The Morgan fingerprint density at radius 2 is 1.87 bits per heavy atom. The first-order valence-corrected chi connectivity index (χ1v) is 10.7. The summed E-state index contributed by atoms with van der Waals surface area (Å²) in [7, 11) is 1.64. The molecule has 0 aliphatic carbocycles. The quantitative estimate of drug-likeness (QED) is 0.614. The van der Waals surface area contributed by atoms with Crippen molar-refractivity contribution in [3.05, 3.63) is 29.3 Å². The smallest absolute Gasteiger partial charge is 0.234 e. The average Bonchev–Trinajstić information content (AvgIpc) is 3.13. The number of amides is 3. The third-order valence-electron chi connectivity index (χ3n) is 5.51. The molecule has 3 amide bonds. The van der Waals surface area contributed by atoms with Crippen LogP contribution in [0.25, 0.3) is 0 Å². The maximum atomic E-state index is 12.9. The minimum atomic E-state index is -0.330. The number of nitrogens with one attached hydrogen (secondary N) is 1. The Bertz CT molecular complexity index is 750. The van der Waals surface area contributed by atoms with E-state index < -0.39 is 0 Å². The second-order valence-electron chi connectivity index (χ2n) is 7.68. The number of carbonyl (C=O) groups is 3. The van der Waals surface area contributed by atoms with E-state index in [2.05, 4.69) is 10.2 Å². The van der Waals surface area contributed by atoms with Gasteiger partial charge in [-0.05, 0) is 30.7 Å². The Hall–Kier alpha value is -2.16. The molecule has 30 heavy (non-hydrogen) atoms. The average molecular weight is 437 g/mol. The maximum absolute atomic E-state index is 12.9. The number of piperazine rings is 1. The summed E-state index contributed by atoms with van der Waals surface area (Å²) >= 11 is 5.92. The molecule has 164 valence electrons. The highest BCUT2D eigenvalue weighted by Gasteiger charge is 2.38. The summed E-state index contributed by atoms with van der Waals surface area (Å²) < 4.78 is 4.96. The summed E-state index contributed by atoms with van der Waals surface area (Å²) in [6.07, 6.45) is 1.02. The van der Waals surface area contributed by atoms with Gasteiger partial charge in [0.15, 0.2) is 0 Å². The van der Waals surface area contributed by atoms with Gasteiger partial charge in [0.1, 0.15) is 0 Å². The molecule has 1 aromatic rings. The van der Waals surface area contributed by atoms with E-state index in [9.17, 15) is 14.4 Å².